The number of carbonyl (C=O) groups excluding carboxylic acids is 1. The Morgan fingerprint density at radius 3 is 2.84 bits per heavy atom. The first-order valence-corrected chi connectivity index (χ1v) is 10.9. The molecule has 1 aliphatic rings. The predicted molar refractivity (Wildman–Crippen MR) is 123 cm³/mol. The third-order valence-electron chi connectivity index (χ3n) is 4.98. The van der Waals surface area contributed by atoms with Gasteiger partial charge in [-0.05, 0) is 49.2 Å². The number of nitrogens with zero attached hydrogens (tertiary/aromatic N) is 1. The SMILES string of the molecule is C=CCCC(=O)Nc1ccccc1OCC(O)CN1CCC(Oc2ccc(Cl)cc2)C1. The molecule has 0 spiro atoms. The Morgan fingerprint density at radius 1 is 1.29 bits per heavy atom. The molecule has 166 valence electrons. The molecule has 0 aromatic heterocycles. The molecule has 0 aliphatic carbocycles. The fraction of sp³-hybridized carbons (Fsp3) is 0.375. The summed E-state index contributed by atoms with van der Waals surface area (Å²) in [5.41, 5.74) is 0.598. The average Bonchev–Trinajstić information content (AvgIpc) is 3.20. The highest BCUT2D eigenvalue weighted by Crippen LogP contribution is 2.25. The van der Waals surface area contributed by atoms with E-state index in [0.717, 1.165) is 25.3 Å². The largest absolute Gasteiger partial charge is 0.489 e. The van der Waals surface area contributed by atoms with Gasteiger partial charge in [-0.3, -0.25) is 9.69 Å². The average molecular weight is 445 g/mol. The first-order chi connectivity index (χ1) is 15.0. The van der Waals surface area contributed by atoms with E-state index in [0.29, 0.717) is 35.8 Å². The Labute approximate surface area is 188 Å². The van der Waals surface area contributed by atoms with E-state index in [2.05, 4.69) is 16.8 Å². The van der Waals surface area contributed by atoms with E-state index in [9.17, 15) is 9.90 Å². The number of rotatable bonds is 11. The molecule has 0 saturated carbocycles. The zero-order chi connectivity index (χ0) is 22.1. The second kappa shape index (κ2) is 11.7. The number of aliphatic hydroxyl groups is 1. The molecule has 7 heteroatoms. The number of amides is 1. The van der Waals surface area contributed by atoms with Gasteiger partial charge in [0.2, 0.25) is 5.91 Å². The summed E-state index contributed by atoms with van der Waals surface area (Å²) in [5, 5.41) is 14.0. The number of aliphatic hydroxyl groups excluding tert-OH is 1. The van der Waals surface area contributed by atoms with Crippen molar-refractivity contribution in [3.05, 3.63) is 66.2 Å². The number of likely N-dealkylation sites (tertiary alicyclic amines) is 1. The van der Waals surface area contributed by atoms with E-state index >= 15 is 0 Å². The van der Waals surface area contributed by atoms with Gasteiger partial charge in [0.05, 0.1) is 5.69 Å². The number of hydrogen-bond acceptors (Lipinski definition) is 5. The number of benzene rings is 2. The van der Waals surface area contributed by atoms with Crippen molar-refractivity contribution in [3.63, 3.8) is 0 Å². The number of anilines is 1. The van der Waals surface area contributed by atoms with Crippen LogP contribution in [0, 0.1) is 0 Å². The Hall–Kier alpha value is -2.54. The number of allylic oxidation sites excluding steroid dienone is 1. The fourth-order valence-electron chi connectivity index (χ4n) is 3.44. The van der Waals surface area contributed by atoms with E-state index in [-0.39, 0.29) is 18.6 Å². The van der Waals surface area contributed by atoms with Gasteiger partial charge < -0.3 is 19.9 Å². The van der Waals surface area contributed by atoms with Crippen LogP contribution < -0.4 is 14.8 Å². The van der Waals surface area contributed by atoms with E-state index in [1.807, 2.05) is 36.4 Å². The standard InChI is InChI=1S/C24H29ClN2O4/c1-2-3-8-24(29)26-22-6-4-5-7-23(22)30-17-19(28)15-27-14-13-21(16-27)31-20-11-9-18(25)10-12-20/h2,4-7,9-12,19,21,28H,1,3,8,13-17H2,(H,26,29). The maximum atomic E-state index is 12.0. The Bertz CT molecular complexity index is 859. The fourth-order valence-corrected chi connectivity index (χ4v) is 3.57. The van der Waals surface area contributed by atoms with Gasteiger partial charge in [0.15, 0.2) is 0 Å². The molecule has 0 radical (unpaired) electrons. The highest BCUT2D eigenvalue weighted by Gasteiger charge is 2.25. The van der Waals surface area contributed by atoms with E-state index < -0.39 is 6.10 Å². The minimum atomic E-state index is -0.654. The summed E-state index contributed by atoms with van der Waals surface area (Å²) in [6.07, 6.45) is 3.03. The van der Waals surface area contributed by atoms with Crippen LogP contribution in [0.5, 0.6) is 11.5 Å². The molecule has 31 heavy (non-hydrogen) atoms. The number of halogens is 1. The van der Waals surface area contributed by atoms with Crippen LogP contribution in [0.15, 0.2) is 61.2 Å². The van der Waals surface area contributed by atoms with Crippen molar-refractivity contribution in [3.8, 4) is 11.5 Å². The number of carbonyl (C=O) groups is 1. The molecule has 1 heterocycles. The molecule has 6 nitrogen and oxygen atoms in total. The maximum absolute atomic E-state index is 12.0. The van der Waals surface area contributed by atoms with Crippen molar-refractivity contribution in [2.75, 3.05) is 31.6 Å². The normalized spacial score (nSPS) is 17.2. The number of para-hydroxylation sites is 2. The monoisotopic (exact) mass is 444 g/mol. The molecule has 0 bridgehead atoms. The smallest absolute Gasteiger partial charge is 0.224 e. The molecule has 2 aromatic rings. The third-order valence-corrected chi connectivity index (χ3v) is 5.23. The van der Waals surface area contributed by atoms with Gasteiger partial charge in [-0.25, -0.2) is 0 Å². The Balaban J connectivity index is 1.43. The zero-order valence-corrected chi connectivity index (χ0v) is 18.3. The number of ether oxygens (including phenoxy) is 2. The van der Waals surface area contributed by atoms with Gasteiger partial charge in [0.1, 0.15) is 30.3 Å². The number of nitrogens with one attached hydrogen (secondary N) is 1. The molecule has 2 atom stereocenters. The molecule has 3 rings (SSSR count). The van der Waals surface area contributed by atoms with Gasteiger partial charge in [-0.2, -0.15) is 0 Å². The summed E-state index contributed by atoms with van der Waals surface area (Å²) < 4.78 is 11.8. The van der Waals surface area contributed by atoms with Gasteiger partial charge in [0, 0.05) is 31.1 Å². The molecule has 1 amide bonds. The molecular formula is C24H29ClN2O4. The van der Waals surface area contributed by atoms with Crippen molar-refractivity contribution in [2.24, 2.45) is 0 Å². The minimum absolute atomic E-state index is 0.0841. The predicted octanol–water partition coefficient (Wildman–Crippen LogP) is 4.14. The lowest BCUT2D eigenvalue weighted by Gasteiger charge is -2.21. The lowest BCUT2D eigenvalue weighted by Crippen LogP contribution is -2.35. The molecule has 2 aromatic carbocycles. The van der Waals surface area contributed by atoms with Crippen LogP contribution in [0.25, 0.3) is 0 Å². The van der Waals surface area contributed by atoms with Crippen LogP contribution in [0.2, 0.25) is 5.02 Å². The highest BCUT2D eigenvalue weighted by atomic mass is 35.5. The van der Waals surface area contributed by atoms with Crippen LogP contribution in [-0.2, 0) is 4.79 Å². The Morgan fingerprint density at radius 2 is 2.06 bits per heavy atom. The van der Waals surface area contributed by atoms with Crippen LogP contribution in [-0.4, -0.2) is 54.4 Å². The lowest BCUT2D eigenvalue weighted by atomic mass is 10.2. The zero-order valence-electron chi connectivity index (χ0n) is 17.5. The van der Waals surface area contributed by atoms with Crippen molar-refractivity contribution >= 4 is 23.2 Å². The summed E-state index contributed by atoms with van der Waals surface area (Å²) in [6, 6.07) is 14.6. The molecule has 1 fully saturated rings. The van der Waals surface area contributed by atoms with Crippen LogP contribution in [0.3, 0.4) is 0 Å². The van der Waals surface area contributed by atoms with E-state index in [1.54, 1.807) is 18.2 Å². The van der Waals surface area contributed by atoms with E-state index in [1.165, 1.54) is 0 Å². The molecule has 1 saturated heterocycles. The third kappa shape index (κ3) is 7.58. The first kappa shape index (κ1) is 23.1. The van der Waals surface area contributed by atoms with Crippen LogP contribution >= 0.6 is 11.6 Å². The summed E-state index contributed by atoms with van der Waals surface area (Å²) in [6.45, 7) is 5.86. The van der Waals surface area contributed by atoms with Gasteiger partial charge in [-0.1, -0.05) is 29.8 Å². The molecule has 2 unspecified atom stereocenters. The van der Waals surface area contributed by atoms with Crippen LogP contribution in [0.4, 0.5) is 5.69 Å². The first-order valence-electron chi connectivity index (χ1n) is 10.5. The van der Waals surface area contributed by atoms with Crippen molar-refractivity contribution < 1.29 is 19.4 Å². The van der Waals surface area contributed by atoms with Crippen molar-refractivity contribution in [1.82, 2.24) is 4.90 Å². The highest BCUT2D eigenvalue weighted by molar-refractivity contribution is 6.30. The number of β-amino-alcohol motifs (C(OH)–C–C–N with tert-alkyl or cyclic N) is 1. The van der Waals surface area contributed by atoms with Gasteiger partial charge in [-0.15, -0.1) is 6.58 Å². The Kier molecular flexibility index (Phi) is 8.76. The second-order valence-electron chi connectivity index (χ2n) is 7.58. The molecule has 2 N–H and O–H groups in total. The maximum Gasteiger partial charge on any atom is 0.224 e. The second-order valence-corrected chi connectivity index (χ2v) is 8.01. The molecular weight excluding hydrogens is 416 g/mol. The van der Waals surface area contributed by atoms with Gasteiger partial charge in [0.25, 0.3) is 0 Å². The lowest BCUT2D eigenvalue weighted by molar-refractivity contribution is -0.116. The summed E-state index contributed by atoms with van der Waals surface area (Å²) >= 11 is 5.91. The molecule has 1 aliphatic heterocycles. The van der Waals surface area contributed by atoms with Crippen molar-refractivity contribution in [2.45, 2.75) is 31.5 Å². The summed E-state index contributed by atoms with van der Waals surface area (Å²) in [4.78, 5) is 14.1. The summed E-state index contributed by atoms with van der Waals surface area (Å²) in [5.74, 6) is 1.24. The topological polar surface area (TPSA) is 71.0 Å². The minimum Gasteiger partial charge on any atom is -0.489 e. The van der Waals surface area contributed by atoms with Crippen LogP contribution in [0.1, 0.15) is 19.3 Å². The summed E-state index contributed by atoms with van der Waals surface area (Å²) in [7, 11) is 0. The van der Waals surface area contributed by atoms with Gasteiger partial charge >= 0.3 is 0 Å². The number of hydrogen-bond donors (Lipinski definition) is 2. The van der Waals surface area contributed by atoms with E-state index in [4.69, 9.17) is 21.1 Å². The quantitative estimate of drug-likeness (QED) is 0.510. The van der Waals surface area contributed by atoms with Crippen molar-refractivity contribution in [1.29, 1.82) is 0 Å².